The highest BCUT2D eigenvalue weighted by Gasteiger charge is 2.49. The van der Waals surface area contributed by atoms with Crippen molar-refractivity contribution in [3.8, 4) is 0 Å². The fourth-order valence-corrected chi connectivity index (χ4v) is 4.90. The van der Waals surface area contributed by atoms with Gasteiger partial charge in [0.05, 0.1) is 0 Å². The number of fused-ring (bicyclic) bond motifs is 1. The molecule has 1 aliphatic heterocycles. The summed E-state index contributed by atoms with van der Waals surface area (Å²) in [7, 11) is 0. The van der Waals surface area contributed by atoms with Gasteiger partial charge in [0, 0.05) is 17.8 Å². The van der Waals surface area contributed by atoms with Crippen LogP contribution in [0.2, 0.25) is 0 Å². The molecule has 1 saturated heterocycles. The third kappa shape index (κ3) is 3.00. The summed E-state index contributed by atoms with van der Waals surface area (Å²) in [6.45, 7) is 5.71. The lowest BCUT2D eigenvalue weighted by Gasteiger charge is -2.39. The first-order valence-electron chi connectivity index (χ1n) is 8.99. The topological polar surface area (TPSA) is 86.5 Å². The Morgan fingerprint density at radius 1 is 1.23 bits per heavy atom. The fraction of sp³-hybridized carbons (Fsp3) is 0.611. The molecule has 2 unspecified atom stereocenters. The minimum absolute atomic E-state index is 0.0969. The maximum Gasteiger partial charge on any atom is 0.327 e. The van der Waals surface area contributed by atoms with E-state index in [1.54, 1.807) is 4.52 Å². The summed E-state index contributed by atoms with van der Waals surface area (Å²) in [5, 5.41) is 3.84. The number of ketones is 1. The zero-order chi connectivity index (χ0) is 18.5. The van der Waals surface area contributed by atoms with Crippen LogP contribution in [0.5, 0.6) is 0 Å². The molecule has 2 atom stereocenters. The molecule has 0 aromatic carbocycles. The van der Waals surface area contributed by atoms with Crippen LogP contribution < -0.4 is 0 Å². The van der Waals surface area contributed by atoms with Crippen LogP contribution in [0.3, 0.4) is 0 Å². The molecule has 1 saturated carbocycles. The van der Waals surface area contributed by atoms with E-state index in [-0.39, 0.29) is 18.1 Å². The number of thioether (sulfide) groups is 1. The van der Waals surface area contributed by atoms with Crippen LogP contribution in [0.4, 0.5) is 0 Å². The molecule has 0 spiro atoms. The van der Waals surface area contributed by atoms with Crippen LogP contribution in [0, 0.1) is 19.8 Å². The number of ether oxygens (including phenoxy) is 1. The Balaban J connectivity index is 1.55. The molecule has 0 N–H and O–H groups in total. The summed E-state index contributed by atoms with van der Waals surface area (Å²) in [5.74, 6) is 0.183. The molecule has 8 heteroatoms. The summed E-state index contributed by atoms with van der Waals surface area (Å²) >= 11 is 1.06. The van der Waals surface area contributed by atoms with Crippen LogP contribution in [-0.2, 0) is 14.3 Å². The standard InChI is InChI=1S/C18H22N4O3S/c1-10-8-11(2)22-16(19-10)20-17(21-22)26-14-13(23)9-18(3,25-15(14)24)12-6-4-5-7-12/h8,12,14H,4-7,9H2,1-3H3. The number of carbonyl (C=O) groups excluding carboxylic acids is 2. The number of hydrogen-bond donors (Lipinski definition) is 0. The lowest BCUT2D eigenvalue weighted by atomic mass is 9.81. The smallest absolute Gasteiger partial charge is 0.327 e. The van der Waals surface area contributed by atoms with E-state index in [9.17, 15) is 9.59 Å². The molecule has 0 amide bonds. The molecule has 3 heterocycles. The maximum absolute atomic E-state index is 12.7. The van der Waals surface area contributed by atoms with Gasteiger partial charge in [-0.1, -0.05) is 24.6 Å². The molecule has 1 aliphatic carbocycles. The van der Waals surface area contributed by atoms with Gasteiger partial charge < -0.3 is 4.74 Å². The number of rotatable bonds is 3. The lowest BCUT2D eigenvalue weighted by Crippen LogP contribution is -2.50. The number of cyclic esters (lactones) is 1. The first kappa shape index (κ1) is 17.5. The summed E-state index contributed by atoms with van der Waals surface area (Å²) in [6, 6.07) is 1.91. The van der Waals surface area contributed by atoms with E-state index in [1.165, 1.54) is 0 Å². The Morgan fingerprint density at radius 3 is 2.65 bits per heavy atom. The van der Waals surface area contributed by atoms with E-state index >= 15 is 0 Å². The zero-order valence-electron chi connectivity index (χ0n) is 15.2. The summed E-state index contributed by atoms with van der Waals surface area (Å²) in [5.41, 5.74) is 1.08. The first-order valence-corrected chi connectivity index (χ1v) is 9.87. The Hall–Kier alpha value is -1.96. The van der Waals surface area contributed by atoms with Gasteiger partial charge in [-0.2, -0.15) is 4.98 Å². The van der Waals surface area contributed by atoms with Crippen LogP contribution in [-0.4, -0.2) is 42.2 Å². The van der Waals surface area contributed by atoms with Gasteiger partial charge in [-0.3, -0.25) is 9.59 Å². The van der Waals surface area contributed by atoms with Gasteiger partial charge in [0.2, 0.25) is 5.16 Å². The summed E-state index contributed by atoms with van der Waals surface area (Å²) < 4.78 is 7.39. The number of aryl methyl sites for hydroxylation is 2. The second-order valence-electron chi connectivity index (χ2n) is 7.50. The van der Waals surface area contributed by atoms with Crippen molar-refractivity contribution in [1.29, 1.82) is 0 Å². The molecular weight excluding hydrogens is 352 g/mol. The van der Waals surface area contributed by atoms with E-state index < -0.39 is 16.8 Å². The third-order valence-corrected chi connectivity index (χ3v) is 6.48. The highest BCUT2D eigenvalue weighted by Crippen LogP contribution is 2.42. The molecular formula is C18H22N4O3S. The predicted molar refractivity (Wildman–Crippen MR) is 96.0 cm³/mol. The molecule has 2 aliphatic rings. The Bertz CT molecular complexity index is 870. The molecule has 138 valence electrons. The molecule has 2 aromatic rings. The Labute approximate surface area is 155 Å². The van der Waals surface area contributed by atoms with E-state index in [1.807, 2.05) is 26.8 Å². The van der Waals surface area contributed by atoms with Crippen LogP contribution in [0.15, 0.2) is 11.2 Å². The van der Waals surface area contributed by atoms with Crippen molar-refractivity contribution >= 4 is 29.3 Å². The number of Topliss-reactive ketones (excluding diaryl/α,β-unsaturated/α-hetero) is 1. The number of carbonyl (C=O) groups is 2. The quantitative estimate of drug-likeness (QED) is 0.603. The highest BCUT2D eigenvalue weighted by molar-refractivity contribution is 8.01. The van der Waals surface area contributed by atoms with E-state index in [4.69, 9.17) is 4.74 Å². The van der Waals surface area contributed by atoms with Crippen molar-refractivity contribution in [1.82, 2.24) is 19.6 Å². The van der Waals surface area contributed by atoms with E-state index in [0.29, 0.717) is 10.9 Å². The summed E-state index contributed by atoms with van der Waals surface area (Å²) in [4.78, 5) is 34.0. The highest BCUT2D eigenvalue weighted by atomic mass is 32.2. The zero-order valence-corrected chi connectivity index (χ0v) is 16.0. The number of hydrogen-bond acceptors (Lipinski definition) is 7. The minimum atomic E-state index is -0.900. The number of nitrogens with zero attached hydrogens (tertiary/aromatic N) is 4. The maximum atomic E-state index is 12.7. The first-order chi connectivity index (χ1) is 12.4. The van der Waals surface area contributed by atoms with E-state index in [2.05, 4.69) is 15.1 Å². The van der Waals surface area contributed by atoms with Crippen molar-refractivity contribution < 1.29 is 14.3 Å². The SMILES string of the molecule is Cc1cc(C)n2nc(SC3C(=O)CC(C)(C4CCCC4)OC3=O)nc2n1. The fourth-order valence-electron chi connectivity index (χ4n) is 4.07. The van der Waals surface area contributed by atoms with Crippen molar-refractivity contribution in [2.45, 2.75) is 68.9 Å². The summed E-state index contributed by atoms with van der Waals surface area (Å²) in [6.07, 6.45) is 4.59. The second-order valence-corrected chi connectivity index (χ2v) is 8.57. The number of aromatic nitrogens is 4. The van der Waals surface area contributed by atoms with Crippen molar-refractivity contribution in [2.24, 2.45) is 5.92 Å². The Kier molecular flexibility index (Phi) is 4.25. The van der Waals surface area contributed by atoms with Crippen LogP contribution in [0.25, 0.3) is 5.78 Å². The van der Waals surface area contributed by atoms with Gasteiger partial charge >= 0.3 is 5.97 Å². The van der Waals surface area contributed by atoms with Crippen molar-refractivity contribution in [3.05, 3.63) is 17.5 Å². The lowest BCUT2D eigenvalue weighted by molar-refractivity contribution is -0.173. The molecule has 26 heavy (non-hydrogen) atoms. The molecule has 2 fully saturated rings. The second kappa shape index (κ2) is 6.33. The molecule has 0 bridgehead atoms. The third-order valence-electron chi connectivity index (χ3n) is 5.41. The normalized spacial score (nSPS) is 27.3. The predicted octanol–water partition coefficient (Wildman–Crippen LogP) is 2.67. The van der Waals surface area contributed by atoms with Crippen molar-refractivity contribution in [2.75, 3.05) is 0 Å². The Morgan fingerprint density at radius 2 is 1.96 bits per heavy atom. The average Bonchev–Trinajstić information content (AvgIpc) is 3.20. The van der Waals surface area contributed by atoms with Gasteiger partial charge in [-0.15, -0.1) is 5.10 Å². The van der Waals surface area contributed by atoms with Crippen molar-refractivity contribution in [3.63, 3.8) is 0 Å². The van der Waals surface area contributed by atoms with Gasteiger partial charge in [-0.25, -0.2) is 9.50 Å². The van der Waals surface area contributed by atoms with Gasteiger partial charge in [0.1, 0.15) is 5.60 Å². The molecule has 7 nitrogen and oxygen atoms in total. The average molecular weight is 374 g/mol. The van der Waals surface area contributed by atoms with Gasteiger partial charge in [-0.05, 0) is 45.6 Å². The van der Waals surface area contributed by atoms with E-state index in [0.717, 1.165) is 48.8 Å². The van der Waals surface area contributed by atoms with Crippen LogP contribution in [0.1, 0.15) is 50.4 Å². The molecule has 0 radical (unpaired) electrons. The van der Waals surface area contributed by atoms with Gasteiger partial charge in [0.25, 0.3) is 5.78 Å². The largest absolute Gasteiger partial charge is 0.457 e. The minimum Gasteiger partial charge on any atom is -0.457 e. The van der Waals surface area contributed by atoms with Gasteiger partial charge in [0.15, 0.2) is 11.0 Å². The molecule has 4 rings (SSSR count). The molecule has 2 aromatic heterocycles. The monoisotopic (exact) mass is 374 g/mol. The van der Waals surface area contributed by atoms with Crippen LogP contribution >= 0.6 is 11.8 Å². The number of esters is 1.